The van der Waals surface area contributed by atoms with Crippen LogP contribution in [0.5, 0.6) is 0 Å². The fourth-order valence-electron chi connectivity index (χ4n) is 0.734. The van der Waals surface area contributed by atoms with Gasteiger partial charge in [0.2, 0.25) is 5.91 Å². The van der Waals surface area contributed by atoms with Crippen molar-refractivity contribution >= 4 is 11.9 Å². The third kappa shape index (κ3) is 6.10. The summed E-state index contributed by atoms with van der Waals surface area (Å²) in [6, 6.07) is -0.456. The monoisotopic (exact) mass is 188 g/mol. The quantitative estimate of drug-likeness (QED) is 0.529. The predicted molar refractivity (Wildman–Crippen MR) is 48.4 cm³/mol. The van der Waals surface area contributed by atoms with Gasteiger partial charge >= 0.3 is 5.97 Å². The van der Waals surface area contributed by atoms with Crippen LogP contribution in [0.25, 0.3) is 0 Å². The van der Waals surface area contributed by atoms with Crippen LogP contribution in [0.2, 0.25) is 0 Å². The molecule has 0 fully saturated rings. The first-order chi connectivity index (χ1) is 6.07. The second-order valence-corrected chi connectivity index (χ2v) is 2.79. The van der Waals surface area contributed by atoms with Crippen LogP contribution in [0, 0.1) is 0 Å². The molecule has 0 saturated carbocycles. The fraction of sp³-hybridized carbons (Fsp3) is 0.750. The van der Waals surface area contributed by atoms with Gasteiger partial charge in [-0.1, -0.05) is 6.92 Å². The van der Waals surface area contributed by atoms with Crippen molar-refractivity contribution in [3.05, 3.63) is 0 Å². The Kier molecular flexibility index (Phi) is 5.88. The minimum Gasteiger partial charge on any atom is -0.480 e. The van der Waals surface area contributed by atoms with E-state index < -0.39 is 12.0 Å². The van der Waals surface area contributed by atoms with Crippen molar-refractivity contribution in [2.75, 3.05) is 13.1 Å². The average Bonchev–Trinajstić information content (AvgIpc) is 2.10. The zero-order chi connectivity index (χ0) is 10.3. The van der Waals surface area contributed by atoms with Gasteiger partial charge in [-0.15, -0.1) is 0 Å². The van der Waals surface area contributed by atoms with E-state index in [0.717, 1.165) is 6.42 Å². The summed E-state index contributed by atoms with van der Waals surface area (Å²) in [6.45, 7) is 4.02. The lowest BCUT2D eigenvalue weighted by atomic mass is 10.3. The maximum Gasteiger partial charge on any atom is 0.317 e. The van der Waals surface area contributed by atoms with Crippen LogP contribution >= 0.6 is 0 Å². The highest BCUT2D eigenvalue weighted by molar-refractivity contribution is 5.82. The molecule has 0 bridgehead atoms. The number of hydrogen-bond donors (Lipinski definition) is 3. The van der Waals surface area contributed by atoms with Gasteiger partial charge in [0.15, 0.2) is 0 Å². The van der Waals surface area contributed by atoms with Crippen molar-refractivity contribution in [3.8, 4) is 0 Å². The van der Waals surface area contributed by atoms with Gasteiger partial charge in [-0.2, -0.15) is 0 Å². The van der Waals surface area contributed by atoms with Gasteiger partial charge in [0.05, 0.1) is 12.6 Å². The lowest BCUT2D eigenvalue weighted by molar-refractivity contribution is -0.136. The molecule has 3 N–H and O–H groups in total. The Morgan fingerprint density at radius 1 is 1.46 bits per heavy atom. The van der Waals surface area contributed by atoms with E-state index >= 15 is 0 Å². The van der Waals surface area contributed by atoms with E-state index in [9.17, 15) is 9.59 Å². The molecule has 0 aliphatic rings. The maximum atomic E-state index is 11.1. The van der Waals surface area contributed by atoms with Crippen molar-refractivity contribution in [2.24, 2.45) is 0 Å². The Balaban J connectivity index is 3.62. The normalized spacial score (nSPS) is 12.2. The topological polar surface area (TPSA) is 78.4 Å². The molecule has 0 spiro atoms. The third-order valence-electron chi connectivity index (χ3n) is 1.50. The van der Waals surface area contributed by atoms with E-state index in [1.54, 1.807) is 6.92 Å². The average molecular weight is 188 g/mol. The summed E-state index contributed by atoms with van der Waals surface area (Å²) >= 11 is 0. The molecule has 0 rings (SSSR count). The Morgan fingerprint density at radius 3 is 2.54 bits per heavy atom. The number of carboxylic acids is 1. The zero-order valence-corrected chi connectivity index (χ0v) is 7.96. The van der Waals surface area contributed by atoms with Gasteiger partial charge in [0, 0.05) is 6.54 Å². The molecule has 0 aromatic heterocycles. The predicted octanol–water partition coefficient (Wildman–Crippen LogP) is -0.425. The maximum absolute atomic E-state index is 11.1. The molecule has 0 aromatic rings. The third-order valence-corrected chi connectivity index (χ3v) is 1.50. The highest BCUT2D eigenvalue weighted by Gasteiger charge is 2.11. The fourth-order valence-corrected chi connectivity index (χ4v) is 0.734. The zero-order valence-electron chi connectivity index (χ0n) is 7.96. The lowest BCUT2D eigenvalue weighted by Gasteiger charge is -2.11. The Labute approximate surface area is 77.5 Å². The molecule has 0 aromatic carbocycles. The standard InChI is InChI=1S/C8H16N2O3/c1-3-4-9-8(13)6(2)10-5-7(11)12/h6,10H,3-5H2,1-2H3,(H,9,13)(H,11,12). The van der Waals surface area contributed by atoms with Gasteiger partial charge in [-0.05, 0) is 13.3 Å². The lowest BCUT2D eigenvalue weighted by Crippen LogP contribution is -2.44. The van der Waals surface area contributed by atoms with Crippen molar-refractivity contribution in [1.29, 1.82) is 0 Å². The smallest absolute Gasteiger partial charge is 0.317 e. The summed E-state index contributed by atoms with van der Waals surface area (Å²) in [6.07, 6.45) is 0.872. The van der Waals surface area contributed by atoms with E-state index in [1.165, 1.54) is 0 Å². The van der Waals surface area contributed by atoms with Crippen LogP contribution in [0.4, 0.5) is 0 Å². The van der Waals surface area contributed by atoms with Crippen molar-refractivity contribution in [1.82, 2.24) is 10.6 Å². The number of rotatable bonds is 6. The molecule has 0 aliphatic heterocycles. The molecule has 1 amide bonds. The number of carbonyl (C=O) groups is 2. The van der Waals surface area contributed by atoms with Gasteiger partial charge in [0.25, 0.3) is 0 Å². The summed E-state index contributed by atoms with van der Waals surface area (Å²) in [5.74, 6) is -1.13. The summed E-state index contributed by atoms with van der Waals surface area (Å²) in [4.78, 5) is 21.3. The second kappa shape index (κ2) is 6.42. The number of nitrogens with one attached hydrogen (secondary N) is 2. The van der Waals surface area contributed by atoms with Gasteiger partial charge in [-0.25, -0.2) is 0 Å². The minimum atomic E-state index is -0.963. The van der Waals surface area contributed by atoms with Gasteiger partial charge in [0.1, 0.15) is 0 Å². The van der Waals surface area contributed by atoms with Crippen LogP contribution in [0.3, 0.4) is 0 Å². The number of hydrogen-bond acceptors (Lipinski definition) is 3. The van der Waals surface area contributed by atoms with E-state index in [1.807, 2.05) is 6.92 Å². The number of amides is 1. The van der Waals surface area contributed by atoms with E-state index in [0.29, 0.717) is 6.54 Å². The molecule has 13 heavy (non-hydrogen) atoms. The van der Waals surface area contributed by atoms with Crippen LogP contribution in [0.15, 0.2) is 0 Å². The number of carboxylic acid groups (broad SMARTS) is 1. The van der Waals surface area contributed by atoms with Gasteiger partial charge in [-0.3, -0.25) is 14.9 Å². The number of aliphatic carboxylic acids is 1. The van der Waals surface area contributed by atoms with Gasteiger partial charge < -0.3 is 10.4 Å². The van der Waals surface area contributed by atoms with Crippen molar-refractivity contribution in [2.45, 2.75) is 26.3 Å². The second-order valence-electron chi connectivity index (χ2n) is 2.79. The molecule has 0 heterocycles. The molecule has 1 atom stereocenters. The Hall–Kier alpha value is -1.10. The molecule has 5 heteroatoms. The van der Waals surface area contributed by atoms with Crippen molar-refractivity contribution < 1.29 is 14.7 Å². The SMILES string of the molecule is CCCNC(=O)C(C)NCC(=O)O. The highest BCUT2D eigenvalue weighted by atomic mass is 16.4. The first-order valence-electron chi connectivity index (χ1n) is 4.30. The molecule has 0 saturated heterocycles. The van der Waals surface area contributed by atoms with E-state index in [2.05, 4.69) is 10.6 Å². The van der Waals surface area contributed by atoms with Crippen LogP contribution in [-0.2, 0) is 9.59 Å². The van der Waals surface area contributed by atoms with Crippen LogP contribution in [0.1, 0.15) is 20.3 Å². The summed E-state index contributed by atoms with van der Waals surface area (Å²) in [5, 5.41) is 13.6. The largest absolute Gasteiger partial charge is 0.480 e. The molecule has 5 nitrogen and oxygen atoms in total. The summed E-state index contributed by atoms with van der Waals surface area (Å²) in [7, 11) is 0. The van der Waals surface area contributed by atoms with Crippen LogP contribution in [-0.4, -0.2) is 36.1 Å². The Bertz CT molecular complexity index is 182. The molecule has 0 radical (unpaired) electrons. The number of carbonyl (C=O) groups excluding carboxylic acids is 1. The molecular formula is C8H16N2O3. The minimum absolute atomic E-state index is 0.164. The molecule has 76 valence electrons. The molecule has 0 aliphatic carbocycles. The first-order valence-corrected chi connectivity index (χ1v) is 4.30. The van der Waals surface area contributed by atoms with E-state index in [-0.39, 0.29) is 12.5 Å². The Morgan fingerprint density at radius 2 is 2.08 bits per heavy atom. The first kappa shape index (κ1) is 11.9. The van der Waals surface area contributed by atoms with Crippen LogP contribution < -0.4 is 10.6 Å². The summed E-state index contributed by atoms with van der Waals surface area (Å²) < 4.78 is 0. The molecular weight excluding hydrogens is 172 g/mol. The van der Waals surface area contributed by atoms with Crippen molar-refractivity contribution in [3.63, 3.8) is 0 Å². The van der Waals surface area contributed by atoms with E-state index in [4.69, 9.17) is 5.11 Å². The highest BCUT2D eigenvalue weighted by Crippen LogP contribution is 1.81. The summed E-state index contributed by atoms with van der Waals surface area (Å²) in [5.41, 5.74) is 0. The molecule has 1 unspecified atom stereocenters.